The summed E-state index contributed by atoms with van der Waals surface area (Å²) in [5.74, 6) is 0. The maximum Gasteiger partial charge on any atom is 0.0826 e. The maximum absolute atomic E-state index is 9.08. The molecule has 2 unspecified atom stereocenters. The summed E-state index contributed by atoms with van der Waals surface area (Å²) in [6, 6.07) is 0. The zero-order valence-corrected chi connectivity index (χ0v) is 6.20. The third-order valence-electron chi connectivity index (χ3n) is 1.38. The van der Waals surface area contributed by atoms with E-state index in [0.29, 0.717) is 6.42 Å². The van der Waals surface area contributed by atoms with Gasteiger partial charge in [0.1, 0.15) is 0 Å². The molecule has 0 saturated heterocycles. The number of nitrogens with two attached hydrogens (primary N) is 2. The van der Waals surface area contributed by atoms with Crippen LogP contribution in [0.3, 0.4) is 0 Å². The molecule has 62 valence electrons. The van der Waals surface area contributed by atoms with E-state index < -0.39 is 18.4 Å². The lowest BCUT2D eigenvalue weighted by Gasteiger charge is -2.17. The Bertz CT molecular complexity index is 87.8. The number of hydrogen-bond acceptors (Lipinski definition) is 4. The summed E-state index contributed by atoms with van der Waals surface area (Å²) in [4.78, 5) is 0. The molecule has 6 N–H and O–H groups in total. The first-order valence-electron chi connectivity index (χ1n) is 3.45. The second-order valence-electron chi connectivity index (χ2n) is 2.44. The monoisotopic (exact) mass is 148 g/mol. The van der Waals surface area contributed by atoms with E-state index in [1.54, 1.807) is 6.92 Å². The Hall–Kier alpha value is -0.160. The van der Waals surface area contributed by atoms with Crippen molar-refractivity contribution in [2.24, 2.45) is 11.5 Å². The fraction of sp³-hybridized carbons (Fsp3) is 1.00. The molecule has 0 aromatic rings. The number of hydrogen-bond donors (Lipinski definition) is 4. The normalized spacial score (nSPS) is 17.4. The van der Waals surface area contributed by atoms with Crippen LogP contribution in [0, 0.1) is 0 Å². The summed E-state index contributed by atoms with van der Waals surface area (Å²) < 4.78 is 0. The summed E-state index contributed by atoms with van der Waals surface area (Å²) >= 11 is 0. The van der Waals surface area contributed by atoms with Gasteiger partial charge in [0.25, 0.3) is 0 Å². The van der Waals surface area contributed by atoms with Crippen LogP contribution >= 0.6 is 0 Å². The zero-order chi connectivity index (χ0) is 8.15. The van der Waals surface area contributed by atoms with Gasteiger partial charge in [-0.3, -0.25) is 0 Å². The van der Waals surface area contributed by atoms with Crippen LogP contribution < -0.4 is 11.5 Å². The van der Waals surface area contributed by atoms with Gasteiger partial charge in [-0.1, -0.05) is 6.92 Å². The molecule has 0 rings (SSSR count). The molecular formula is C6H16N2O2. The zero-order valence-electron chi connectivity index (χ0n) is 6.20. The maximum atomic E-state index is 9.08. The highest BCUT2D eigenvalue weighted by Gasteiger charge is 2.15. The van der Waals surface area contributed by atoms with Crippen LogP contribution in [0.2, 0.25) is 0 Å². The first kappa shape index (κ1) is 9.84. The Kier molecular flexibility index (Phi) is 4.55. The topological polar surface area (TPSA) is 92.5 Å². The third kappa shape index (κ3) is 3.79. The second-order valence-corrected chi connectivity index (χ2v) is 2.44. The van der Waals surface area contributed by atoms with E-state index in [4.69, 9.17) is 21.7 Å². The highest BCUT2D eigenvalue weighted by Crippen LogP contribution is 2.02. The van der Waals surface area contributed by atoms with Crippen LogP contribution in [-0.4, -0.2) is 28.6 Å². The fourth-order valence-corrected chi connectivity index (χ4v) is 0.708. The van der Waals surface area contributed by atoms with Crippen LogP contribution in [0.1, 0.15) is 19.8 Å². The molecule has 0 heterocycles. The van der Waals surface area contributed by atoms with Crippen LogP contribution in [-0.2, 0) is 0 Å². The summed E-state index contributed by atoms with van der Waals surface area (Å²) in [6.07, 6.45) is -1.26. The molecule has 0 aromatic heterocycles. The van der Waals surface area contributed by atoms with Crippen LogP contribution in [0.25, 0.3) is 0 Å². The lowest BCUT2D eigenvalue weighted by atomic mass is 10.1. The molecule has 0 radical (unpaired) electrons. The van der Waals surface area contributed by atoms with E-state index in [2.05, 4.69) is 0 Å². The van der Waals surface area contributed by atoms with Crippen LogP contribution in [0.5, 0.6) is 0 Å². The molecule has 0 fully saturated rings. The van der Waals surface area contributed by atoms with Gasteiger partial charge in [-0.25, -0.2) is 0 Å². The van der Waals surface area contributed by atoms with E-state index in [9.17, 15) is 0 Å². The molecular weight excluding hydrogens is 132 g/mol. The lowest BCUT2D eigenvalue weighted by Crippen LogP contribution is -2.38. The number of aliphatic hydroxyl groups is 2. The van der Waals surface area contributed by atoms with E-state index in [1.807, 2.05) is 0 Å². The minimum Gasteiger partial charge on any atom is -0.390 e. The lowest BCUT2D eigenvalue weighted by molar-refractivity contribution is 0.00937. The molecule has 0 aliphatic rings. The van der Waals surface area contributed by atoms with Gasteiger partial charge in [-0.15, -0.1) is 0 Å². The summed E-state index contributed by atoms with van der Waals surface area (Å²) in [5, 5.41) is 18.1. The Balaban J connectivity index is 3.50. The molecule has 10 heavy (non-hydrogen) atoms. The van der Waals surface area contributed by atoms with Crippen molar-refractivity contribution in [3.63, 3.8) is 0 Å². The van der Waals surface area contributed by atoms with Gasteiger partial charge >= 0.3 is 0 Å². The van der Waals surface area contributed by atoms with Crippen molar-refractivity contribution in [1.82, 2.24) is 0 Å². The Morgan fingerprint density at radius 2 is 1.70 bits per heavy atom. The Morgan fingerprint density at radius 1 is 1.20 bits per heavy atom. The highest BCUT2D eigenvalue weighted by molar-refractivity contribution is 4.68. The van der Waals surface area contributed by atoms with Gasteiger partial charge in [0.2, 0.25) is 0 Å². The van der Waals surface area contributed by atoms with E-state index in [1.165, 1.54) is 0 Å². The van der Waals surface area contributed by atoms with Gasteiger partial charge in [0, 0.05) is 6.42 Å². The molecule has 4 heteroatoms. The first-order valence-corrected chi connectivity index (χ1v) is 3.45. The van der Waals surface area contributed by atoms with Gasteiger partial charge in [-0.05, 0) is 6.42 Å². The van der Waals surface area contributed by atoms with E-state index in [-0.39, 0.29) is 6.42 Å². The smallest absolute Gasteiger partial charge is 0.0826 e. The summed E-state index contributed by atoms with van der Waals surface area (Å²) in [7, 11) is 0. The van der Waals surface area contributed by atoms with Crippen molar-refractivity contribution in [1.29, 1.82) is 0 Å². The SMILES string of the molecule is CCC(O)C(O)CC(N)N. The quantitative estimate of drug-likeness (QED) is 0.375. The van der Waals surface area contributed by atoms with Gasteiger partial charge in [-0.2, -0.15) is 0 Å². The van der Waals surface area contributed by atoms with Crippen LogP contribution in [0.4, 0.5) is 0 Å². The largest absolute Gasteiger partial charge is 0.390 e. The molecule has 2 atom stereocenters. The van der Waals surface area contributed by atoms with Gasteiger partial charge in [0.05, 0.1) is 18.4 Å². The predicted molar refractivity (Wildman–Crippen MR) is 39.1 cm³/mol. The average molecular weight is 148 g/mol. The van der Waals surface area contributed by atoms with Crippen molar-refractivity contribution < 1.29 is 10.2 Å². The van der Waals surface area contributed by atoms with Crippen molar-refractivity contribution in [3.8, 4) is 0 Å². The van der Waals surface area contributed by atoms with Gasteiger partial charge in [0.15, 0.2) is 0 Å². The Morgan fingerprint density at radius 3 is 2.00 bits per heavy atom. The van der Waals surface area contributed by atoms with Crippen molar-refractivity contribution >= 4 is 0 Å². The van der Waals surface area contributed by atoms with E-state index in [0.717, 1.165) is 0 Å². The third-order valence-corrected chi connectivity index (χ3v) is 1.38. The average Bonchev–Trinajstić information content (AvgIpc) is 1.85. The number of aliphatic hydroxyl groups excluding tert-OH is 2. The molecule has 0 saturated carbocycles. The summed E-state index contributed by atoms with van der Waals surface area (Å²) in [6.45, 7) is 1.79. The molecule has 0 aliphatic carbocycles. The molecule has 4 nitrogen and oxygen atoms in total. The highest BCUT2D eigenvalue weighted by atomic mass is 16.3. The fourth-order valence-electron chi connectivity index (χ4n) is 0.708. The second kappa shape index (κ2) is 4.62. The molecule has 0 aliphatic heterocycles. The molecule has 0 spiro atoms. The summed E-state index contributed by atoms with van der Waals surface area (Å²) in [5.41, 5.74) is 10.4. The standard InChI is InChI=1S/C6H16N2O2/c1-2-4(9)5(10)3-6(7)8/h4-6,9-10H,2-3,7-8H2,1H3. The van der Waals surface area contributed by atoms with Gasteiger partial charge < -0.3 is 21.7 Å². The molecule has 0 bridgehead atoms. The minimum atomic E-state index is -0.787. The first-order chi connectivity index (χ1) is 4.57. The Labute approximate surface area is 60.8 Å². The minimum absolute atomic E-state index is 0.245. The predicted octanol–water partition coefficient (Wildman–Crippen LogP) is -1.25. The van der Waals surface area contributed by atoms with Crippen molar-refractivity contribution in [3.05, 3.63) is 0 Å². The number of rotatable bonds is 4. The van der Waals surface area contributed by atoms with Crippen LogP contribution in [0.15, 0.2) is 0 Å². The molecule has 0 amide bonds. The van der Waals surface area contributed by atoms with Crippen molar-refractivity contribution in [2.45, 2.75) is 38.1 Å². The molecule has 0 aromatic carbocycles. The van der Waals surface area contributed by atoms with Crippen molar-refractivity contribution in [2.75, 3.05) is 0 Å². The van der Waals surface area contributed by atoms with E-state index >= 15 is 0 Å².